The van der Waals surface area contributed by atoms with Crippen LogP contribution in [0, 0.1) is 0 Å². The summed E-state index contributed by atoms with van der Waals surface area (Å²) in [5, 5.41) is 20.1. The van der Waals surface area contributed by atoms with Crippen molar-refractivity contribution in [2.24, 2.45) is 0 Å². The van der Waals surface area contributed by atoms with Gasteiger partial charge in [-0.15, -0.1) is 0 Å². The predicted molar refractivity (Wildman–Crippen MR) is 272 cm³/mol. The number of hydrogen-bond donors (Lipinski definition) is 3. The van der Waals surface area contributed by atoms with Crippen LogP contribution in [0.4, 0.5) is 10.5 Å². The Kier molecular flexibility index (Phi) is 16.1. The first-order valence-corrected chi connectivity index (χ1v) is 26.6. The number of ether oxygens (including phenoxy) is 3. The van der Waals surface area contributed by atoms with Crippen LogP contribution in [0.1, 0.15) is 89.2 Å². The monoisotopic (exact) mass is 925 g/mol. The van der Waals surface area contributed by atoms with E-state index in [1.165, 1.54) is 34.3 Å². The molecule has 0 spiro atoms. The van der Waals surface area contributed by atoms with Crippen molar-refractivity contribution in [1.82, 2.24) is 15.1 Å². The van der Waals surface area contributed by atoms with Gasteiger partial charge in [-0.1, -0.05) is 99.6 Å². The van der Waals surface area contributed by atoms with E-state index in [9.17, 15) is 9.90 Å². The van der Waals surface area contributed by atoms with Gasteiger partial charge in [0.25, 0.3) is 0 Å². The number of nitrogens with one attached hydrogen (secondary N) is 2. The fourth-order valence-corrected chi connectivity index (χ4v) is 14.7. The highest BCUT2D eigenvalue weighted by molar-refractivity contribution is 7.00. The van der Waals surface area contributed by atoms with Crippen molar-refractivity contribution in [3.63, 3.8) is 0 Å². The molecule has 0 aromatic heterocycles. The van der Waals surface area contributed by atoms with Gasteiger partial charge in [0.2, 0.25) is 0 Å². The van der Waals surface area contributed by atoms with Gasteiger partial charge < -0.3 is 44.2 Å². The molecule has 5 aromatic rings. The van der Waals surface area contributed by atoms with E-state index in [2.05, 4.69) is 133 Å². The fourth-order valence-electron chi connectivity index (χ4n) is 10.2. The van der Waals surface area contributed by atoms with E-state index in [0.717, 1.165) is 101 Å². The summed E-state index contributed by atoms with van der Waals surface area (Å²) in [6.45, 7) is 11.3. The Bertz CT molecular complexity index is 2250. The first-order valence-electron chi connectivity index (χ1n) is 24.7. The van der Waals surface area contributed by atoms with Crippen LogP contribution in [0.15, 0.2) is 127 Å². The third kappa shape index (κ3) is 12.2. The third-order valence-electron chi connectivity index (χ3n) is 14.0. The molecule has 3 N–H and O–H groups in total. The molecule has 2 saturated heterocycles. The number of rotatable bonds is 18. The molecule has 8 rings (SSSR count). The molecule has 67 heavy (non-hydrogen) atoms. The van der Waals surface area contributed by atoms with E-state index in [4.69, 9.17) is 18.6 Å². The molecule has 1 saturated carbocycles. The average Bonchev–Trinajstić information content (AvgIpc) is 3.88. The number of amides is 2. The first kappa shape index (κ1) is 48.0. The quantitative estimate of drug-likeness (QED) is 0.0591. The van der Waals surface area contributed by atoms with Gasteiger partial charge in [-0.05, 0) is 145 Å². The molecule has 356 valence electrons. The molecule has 10 nitrogen and oxygen atoms in total. The Morgan fingerprint density at radius 3 is 1.93 bits per heavy atom. The topological polar surface area (TPSA) is 105 Å². The Hall–Kier alpha value is -5.49. The minimum absolute atomic E-state index is 0.137. The summed E-state index contributed by atoms with van der Waals surface area (Å²) in [6.07, 6.45) is 8.96. The number of carbonyl (C=O) groups excluding carboxylic acids is 1. The van der Waals surface area contributed by atoms with Gasteiger partial charge in [-0.2, -0.15) is 0 Å². The third-order valence-corrected chi connectivity index (χ3v) is 19.0. The number of anilines is 1. The number of methoxy groups -OCH3 is 1. The lowest BCUT2D eigenvalue weighted by Gasteiger charge is -2.43. The van der Waals surface area contributed by atoms with E-state index < -0.39 is 14.4 Å². The van der Waals surface area contributed by atoms with Crippen LogP contribution in [0.3, 0.4) is 0 Å². The van der Waals surface area contributed by atoms with Gasteiger partial charge in [0.05, 0.1) is 13.2 Å². The van der Waals surface area contributed by atoms with Crippen molar-refractivity contribution in [2.75, 3.05) is 58.3 Å². The number of likely N-dealkylation sites (tertiary alicyclic amines) is 2. The zero-order valence-electron chi connectivity index (χ0n) is 40.1. The summed E-state index contributed by atoms with van der Waals surface area (Å²) >= 11 is 0. The largest absolute Gasteiger partial charge is 0.534 e. The second kappa shape index (κ2) is 22.5. The van der Waals surface area contributed by atoms with Gasteiger partial charge in [0, 0.05) is 44.5 Å². The summed E-state index contributed by atoms with van der Waals surface area (Å²) in [5.41, 5.74) is 3.62. The van der Waals surface area contributed by atoms with Crippen LogP contribution in [0.2, 0.25) is 5.04 Å². The highest BCUT2D eigenvalue weighted by Gasteiger charge is 2.52. The molecule has 0 bridgehead atoms. The maximum Gasteiger partial charge on any atom is 0.320 e. The Labute approximate surface area is 400 Å². The van der Waals surface area contributed by atoms with Crippen molar-refractivity contribution in [3.8, 4) is 23.0 Å². The number of carbonyl (C=O) groups is 1. The molecule has 11 heteroatoms. The fraction of sp³-hybridized carbons (Fsp3) is 0.446. The number of aliphatic hydroxyl groups excluding tert-OH is 1. The molecule has 3 fully saturated rings. The van der Waals surface area contributed by atoms with Crippen molar-refractivity contribution >= 4 is 30.4 Å². The summed E-state index contributed by atoms with van der Waals surface area (Å²) in [4.78, 5) is 17.7. The van der Waals surface area contributed by atoms with Gasteiger partial charge in [0.15, 0.2) is 11.5 Å². The van der Waals surface area contributed by atoms with Crippen LogP contribution >= 0.6 is 0 Å². The molecule has 2 heterocycles. The van der Waals surface area contributed by atoms with Crippen LogP contribution in [0.25, 0.3) is 0 Å². The van der Waals surface area contributed by atoms with Crippen LogP contribution in [-0.4, -0.2) is 100 Å². The Morgan fingerprint density at radius 1 is 0.731 bits per heavy atom. The average molecular weight is 925 g/mol. The van der Waals surface area contributed by atoms with Crippen LogP contribution in [0.5, 0.6) is 23.0 Å². The second-order valence-electron chi connectivity index (χ2n) is 19.7. The van der Waals surface area contributed by atoms with Gasteiger partial charge in [-0.25, -0.2) is 4.79 Å². The van der Waals surface area contributed by atoms with E-state index in [0.29, 0.717) is 24.3 Å². The zero-order valence-corrected chi connectivity index (χ0v) is 41.1. The SMILES string of the molecule is COc1ccc(C2CCN(C(=O)N3CCC(Nc4ccc(CCNCC(O)COc5ccc(O[Si](c6ccccc6)(c6ccccc6)C(C)(C)C)cc5)cc4)CC3)CC2)cc1OC1CCCC1. The molecular formula is C56H72N4O6Si. The lowest BCUT2D eigenvalue weighted by molar-refractivity contribution is 0.106. The Morgan fingerprint density at radius 2 is 1.33 bits per heavy atom. The smallest absolute Gasteiger partial charge is 0.320 e. The van der Waals surface area contributed by atoms with Crippen molar-refractivity contribution < 1.29 is 28.5 Å². The minimum atomic E-state index is -2.73. The predicted octanol–water partition coefficient (Wildman–Crippen LogP) is 9.40. The highest BCUT2D eigenvalue weighted by Crippen LogP contribution is 2.39. The number of piperidine rings is 2. The molecule has 3 aliphatic rings. The van der Waals surface area contributed by atoms with E-state index in [1.54, 1.807) is 7.11 Å². The maximum atomic E-state index is 13.6. The van der Waals surface area contributed by atoms with Crippen LogP contribution < -0.4 is 39.6 Å². The summed E-state index contributed by atoms with van der Waals surface area (Å²) < 4.78 is 25.1. The van der Waals surface area contributed by atoms with E-state index >= 15 is 0 Å². The molecule has 2 amide bonds. The number of aliphatic hydroxyl groups is 1. The summed E-state index contributed by atoms with van der Waals surface area (Å²) in [6, 6.07) is 44.6. The van der Waals surface area contributed by atoms with Crippen LogP contribution in [-0.2, 0) is 6.42 Å². The molecule has 0 radical (unpaired) electrons. The normalized spacial score (nSPS) is 17.0. The molecule has 1 unspecified atom stereocenters. The molecular weight excluding hydrogens is 853 g/mol. The standard InChI is InChI=1S/C56H72N4O6Si/c1-56(2,3)67(51-15-7-5-8-16-51,52-17-9-6-10-18-52)66-50-26-24-48(25-27-50)64-41-47(61)40-57-34-29-42-19-22-45(23-20-42)58-46-32-37-60(38-33-46)55(62)59-35-30-43(31-36-59)44-21-28-53(63-4)54(39-44)65-49-13-11-12-14-49/h5-10,15-28,39,43,46-47,49,57-58,61H,11-14,29-38,40-41H2,1-4H3. The molecule has 5 aromatic carbocycles. The van der Waals surface area contributed by atoms with Crippen molar-refractivity contribution in [2.45, 2.75) is 108 Å². The minimum Gasteiger partial charge on any atom is -0.534 e. The summed E-state index contributed by atoms with van der Waals surface area (Å²) in [5.74, 6) is 3.57. The lowest BCUT2D eigenvalue weighted by Crippen LogP contribution is -2.68. The van der Waals surface area contributed by atoms with Crippen molar-refractivity contribution in [3.05, 3.63) is 139 Å². The number of hydrogen-bond acceptors (Lipinski definition) is 8. The number of urea groups is 1. The van der Waals surface area contributed by atoms with Gasteiger partial charge in [0.1, 0.15) is 24.2 Å². The van der Waals surface area contributed by atoms with E-state index in [-0.39, 0.29) is 23.8 Å². The Balaban J connectivity index is 0.717. The molecule has 1 aliphatic carbocycles. The zero-order chi connectivity index (χ0) is 46.6. The van der Waals surface area contributed by atoms with Gasteiger partial charge in [-0.3, -0.25) is 0 Å². The maximum absolute atomic E-state index is 13.6. The number of nitrogens with zero attached hydrogens (tertiary/aromatic N) is 2. The number of benzene rings is 5. The van der Waals surface area contributed by atoms with E-state index in [1.807, 2.05) is 35.2 Å². The lowest BCUT2D eigenvalue weighted by atomic mass is 9.89. The summed E-state index contributed by atoms with van der Waals surface area (Å²) in [7, 11) is -1.02. The van der Waals surface area contributed by atoms with Gasteiger partial charge >= 0.3 is 14.3 Å². The van der Waals surface area contributed by atoms with Crippen molar-refractivity contribution in [1.29, 1.82) is 0 Å². The molecule has 1 atom stereocenters. The second-order valence-corrected chi connectivity index (χ2v) is 24.0. The highest BCUT2D eigenvalue weighted by atomic mass is 28.4. The molecule has 2 aliphatic heterocycles. The first-order chi connectivity index (χ1) is 32.6.